The van der Waals surface area contributed by atoms with Gasteiger partial charge in [0.15, 0.2) is 0 Å². The first kappa shape index (κ1) is 28.7. The number of carbonyl (C=O) groups is 2. The van der Waals surface area contributed by atoms with E-state index in [9.17, 15) is 18.0 Å². The SMILES string of the molecule is COc1cccc(CN(C(=O)CN(c2ccccc2)S(C)(=O)=O)C(Cc2ccccc2)C(=O)NC(C)C)c1. The van der Waals surface area contributed by atoms with E-state index in [1.54, 1.807) is 49.6 Å². The lowest BCUT2D eigenvalue weighted by molar-refractivity contribution is -0.140. The van der Waals surface area contributed by atoms with Gasteiger partial charge in [-0.3, -0.25) is 13.9 Å². The Labute approximate surface area is 225 Å². The fourth-order valence-corrected chi connectivity index (χ4v) is 4.96. The quantitative estimate of drug-likeness (QED) is 0.381. The summed E-state index contributed by atoms with van der Waals surface area (Å²) in [6, 6.07) is 24.1. The van der Waals surface area contributed by atoms with Crippen LogP contribution in [-0.2, 0) is 32.6 Å². The molecular weight excluding hydrogens is 502 g/mol. The predicted molar refractivity (Wildman–Crippen MR) is 149 cm³/mol. The number of hydrogen-bond acceptors (Lipinski definition) is 5. The van der Waals surface area contributed by atoms with Gasteiger partial charge in [0, 0.05) is 19.0 Å². The minimum absolute atomic E-state index is 0.0887. The molecule has 1 atom stereocenters. The van der Waals surface area contributed by atoms with Crippen molar-refractivity contribution in [3.05, 3.63) is 96.1 Å². The molecule has 0 bridgehead atoms. The molecule has 0 saturated carbocycles. The maximum Gasteiger partial charge on any atom is 0.244 e. The van der Waals surface area contributed by atoms with Gasteiger partial charge in [-0.15, -0.1) is 0 Å². The number of rotatable bonds is 12. The Morgan fingerprint density at radius 3 is 2.08 bits per heavy atom. The molecule has 0 aliphatic heterocycles. The minimum atomic E-state index is -3.79. The summed E-state index contributed by atoms with van der Waals surface area (Å²) >= 11 is 0. The normalized spacial score (nSPS) is 12.0. The molecule has 3 aromatic carbocycles. The minimum Gasteiger partial charge on any atom is -0.497 e. The third kappa shape index (κ3) is 8.08. The van der Waals surface area contributed by atoms with Gasteiger partial charge in [0.2, 0.25) is 21.8 Å². The average molecular weight is 538 g/mol. The third-order valence-electron chi connectivity index (χ3n) is 5.91. The lowest BCUT2D eigenvalue weighted by Crippen LogP contribution is -2.54. The second-order valence-corrected chi connectivity index (χ2v) is 11.3. The van der Waals surface area contributed by atoms with Crippen LogP contribution in [0.1, 0.15) is 25.0 Å². The highest BCUT2D eigenvalue weighted by Gasteiger charge is 2.33. The van der Waals surface area contributed by atoms with E-state index in [4.69, 9.17) is 4.74 Å². The molecule has 9 heteroatoms. The number of anilines is 1. The van der Waals surface area contributed by atoms with Crippen LogP contribution in [0.15, 0.2) is 84.9 Å². The summed E-state index contributed by atoms with van der Waals surface area (Å²) in [4.78, 5) is 28.9. The second-order valence-electron chi connectivity index (χ2n) is 9.35. The average Bonchev–Trinajstić information content (AvgIpc) is 2.89. The molecule has 3 aromatic rings. The van der Waals surface area contributed by atoms with Crippen molar-refractivity contribution in [3.8, 4) is 5.75 Å². The van der Waals surface area contributed by atoms with E-state index in [0.29, 0.717) is 11.4 Å². The Morgan fingerprint density at radius 1 is 0.895 bits per heavy atom. The van der Waals surface area contributed by atoms with E-state index >= 15 is 0 Å². The number of sulfonamides is 1. The number of nitrogens with one attached hydrogen (secondary N) is 1. The number of nitrogens with zero attached hydrogens (tertiary/aromatic N) is 2. The van der Waals surface area contributed by atoms with E-state index in [1.165, 1.54) is 4.90 Å². The summed E-state index contributed by atoms with van der Waals surface area (Å²) in [6.07, 6.45) is 1.33. The standard InChI is InChI=1S/C29H35N3O5S/c1-22(2)30-29(34)27(19-23-12-7-5-8-13-23)31(20-24-14-11-17-26(18-24)37-3)28(33)21-32(38(4,35)36)25-15-9-6-10-16-25/h5-18,22,27H,19-21H2,1-4H3,(H,30,34). The highest BCUT2D eigenvalue weighted by atomic mass is 32.2. The van der Waals surface area contributed by atoms with Crippen LogP contribution in [0.25, 0.3) is 0 Å². The van der Waals surface area contributed by atoms with E-state index < -0.39 is 28.5 Å². The maximum atomic E-state index is 14.0. The van der Waals surface area contributed by atoms with Crippen LogP contribution < -0.4 is 14.4 Å². The third-order valence-corrected chi connectivity index (χ3v) is 7.05. The molecule has 8 nitrogen and oxygen atoms in total. The number of para-hydroxylation sites is 1. The van der Waals surface area contributed by atoms with Crippen molar-refractivity contribution in [2.24, 2.45) is 0 Å². The molecule has 0 aromatic heterocycles. The molecule has 0 saturated heterocycles. The lowest BCUT2D eigenvalue weighted by atomic mass is 10.0. The van der Waals surface area contributed by atoms with Crippen LogP contribution in [-0.4, -0.2) is 57.1 Å². The first-order valence-electron chi connectivity index (χ1n) is 12.4. The van der Waals surface area contributed by atoms with Crippen molar-refractivity contribution in [2.45, 2.75) is 38.9 Å². The Kier molecular flexibility index (Phi) is 9.90. The van der Waals surface area contributed by atoms with Crippen LogP contribution >= 0.6 is 0 Å². The largest absolute Gasteiger partial charge is 0.497 e. The molecule has 0 aliphatic rings. The van der Waals surface area contributed by atoms with Gasteiger partial charge in [-0.25, -0.2) is 8.42 Å². The van der Waals surface area contributed by atoms with Crippen molar-refractivity contribution in [1.29, 1.82) is 0 Å². The van der Waals surface area contributed by atoms with Crippen LogP contribution in [0.4, 0.5) is 5.69 Å². The van der Waals surface area contributed by atoms with E-state index in [1.807, 2.05) is 56.3 Å². The summed E-state index contributed by atoms with van der Waals surface area (Å²) in [5.74, 6) is -0.198. The van der Waals surface area contributed by atoms with Gasteiger partial charge < -0.3 is 15.0 Å². The van der Waals surface area contributed by atoms with E-state index in [-0.39, 0.29) is 24.9 Å². The summed E-state index contributed by atoms with van der Waals surface area (Å²) < 4.78 is 31.9. The predicted octanol–water partition coefficient (Wildman–Crippen LogP) is 3.63. The van der Waals surface area contributed by atoms with Gasteiger partial charge in [-0.1, -0.05) is 60.7 Å². The van der Waals surface area contributed by atoms with Gasteiger partial charge in [-0.05, 0) is 49.2 Å². The molecule has 3 rings (SSSR count). The van der Waals surface area contributed by atoms with Crippen molar-refractivity contribution in [2.75, 3.05) is 24.2 Å². The lowest BCUT2D eigenvalue weighted by Gasteiger charge is -2.34. The van der Waals surface area contributed by atoms with Crippen LogP contribution in [0, 0.1) is 0 Å². The number of hydrogen-bond donors (Lipinski definition) is 1. The summed E-state index contributed by atoms with van der Waals surface area (Å²) in [5.41, 5.74) is 2.00. The second kappa shape index (κ2) is 13.1. The van der Waals surface area contributed by atoms with Crippen LogP contribution in [0.2, 0.25) is 0 Å². The molecule has 2 amide bonds. The molecule has 0 spiro atoms. The van der Waals surface area contributed by atoms with E-state index in [2.05, 4.69) is 5.32 Å². The van der Waals surface area contributed by atoms with Crippen molar-refractivity contribution >= 4 is 27.5 Å². The summed E-state index contributed by atoms with van der Waals surface area (Å²) in [7, 11) is -2.23. The molecular formula is C29H35N3O5S. The van der Waals surface area contributed by atoms with Crippen molar-refractivity contribution in [1.82, 2.24) is 10.2 Å². The van der Waals surface area contributed by atoms with Gasteiger partial charge in [0.1, 0.15) is 18.3 Å². The van der Waals surface area contributed by atoms with Gasteiger partial charge in [0.25, 0.3) is 0 Å². The number of methoxy groups -OCH3 is 1. The zero-order valence-electron chi connectivity index (χ0n) is 22.2. The first-order chi connectivity index (χ1) is 18.1. The smallest absolute Gasteiger partial charge is 0.244 e. The van der Waals surface area contributed by atoms with Crippen molar-refractivity contribution in [3.63, 3.8) is 0 Å². The molecule has 202 valence electrons. The zero-order valence-corrected chi connectivity index (χ0v) is 23.0. The van der Waals surface area contributed by atoms with Crippen molar-refractivity contribution < 1.29 is 22.7 Å². The van der Waals surface area contributed by atoms with Crippen LogP contribution in [0.5, 0.6) is 5.75 Å². The number of ether oxygens (including phenoxy) is 1. The van der Waals surface area contributed by atoms with Gasteiger partial charge >= 0.3 is 0 Å². The summed E-state index contributed by atoms with van der Waals surface area (Å²) in [5, 5.41) is 2.93. The number of carbonyl (C=O) groups excluding carboxylic acids is 2. The van der Waals surface area contributed by atoms with E-state index in [0.717, 1.165) is 21.7 Å². The summed E-state index contributed by atoms with van der Waals surface area (Å²) in [6.45, 7) is 3.34. The Balaban J connectivity index is 2.05. The monoisotopic (exact) mass is 537 g/mol. The molecule has 0 radical (unpaired) electrons. The topological polar surface area (TPSA) is 96.0 Å². The van der Waals surface area contributed by atoms with Crippen LogP contribution in [0.3, 0.4) is 0 Å². The number of amides is 2. The molecule has 0 heterocycles. The van der Waals surface area contributed by atoms with Gasteiger partial charge in [-0.2, -0.15) is 0 Å². The highest BCUT2D eigenvalue weighted by Crippen LogP contribution is 2.21. The Hall–Kier alpha value is -3.85. The maximum absolute atomic E-state index is 14.0. The van der Waals surface area contributed by atoms with Gasteiger partial charge in [0.05, 0.1) is 19.1 Å². The molecule has 0 aliphatic carbocycles. The molecule has 0 fully saturated rings. The Morgan fingerprint density at radius 2 is 1.50 bits per heavy atom. The zero-order chi connectivity index (χ0) is 27.7. The molecule has 1 unspecified atom stereocenters. The number of benzene rings is 3. The molecule has 38 heavy (non-hydrogen) atoms. The Bertz CT molecular complexity index is 1310. The molecule has 1 N–H and O–H groups in total. The first-order valence-corrected chi connectivity index (χ1v) is 14.2. The highest BCUT2D eigenvalue weighted by molar-refractivity contribution is 7.92. The fraction of sp³-hybridized carbons (Fsp3) is 0.310. The fourth-order valence-electron chi connectivity index (χ4n) is 4.11.